The number of rotatable bonds is 7. The van der Waals surface area contributed by atoms with Gasteiger partial charge in [-0.1, -0.05) is 48.0 Å². The van der Waals surface area contributed by atoms with Crippen LogP contribution >= 0.6 is 11.6 Å². The summed E-state index contributed by atoms with van der Waals surface area (Å²) >= 11 is 5.92. The van der Waals surface area contributed by atoms with E-state index in [0.717, 1.165) is 0 Å². The molecule has 1 amide bonds. The molecule has 0 fully saturated rings. The number of carbonyl (C=O) groups excluding carboxylic acids is 1. The molecule has 33 heavy (non-hydrogen) atoms. The Morgan fingerprint density at radius 1 is 1.00 bits per heavy atom. The monoisotopic (exact) mass is 482 g/mol. The van der Waals surface area contributed by atoms with Crippen LogP contribution in [0, 0.1) is 0 Å². The third-order valence-corrected chi connectivity index (χ3v) is 6.38. The summed E-state index contributed by atoms with van der Waals surface area (Å²) in [6.45, 7) is 0. The van der Waals surface area contributed by atoms with E-state index in [1.54, 1.807) is 60.9 Å². The Balaban J connectivity index is 1.63. The summed E-state index contributed by atoms with van der Waals surface area (Å²) in [6, 6.07) is 19.7. The molecule has 0 saturated carbocycles. The van der Waals surface area contributed by atoms with Crippen molar-refractivity contribution >= 4 is 38.9 Å². The van der Waals surface area contributed by atoms with E-state index in [-0.39, 0.29) is 22.0 Å². The van der Waals surface area contributed by atoms with Crippen molar-refractivity contribution in [3.8, 4) is 5.75 Å². The van der Waals surface area contributed by atoms with Crippen LogP contribution in [-0.2, 0) is 14.8 Å². The van der Waals surface area contributed by atoms with Crippen molar-refractivity contribution in [3.63, 3.8) is 0 Å². The molecule has 0 aliphatic heterocycles. The molecular formula is C23H19ClN4O4S. The van der Waals surface area contributed by atoms with Gasteiger partial charge in [0.05, 0.1) is 16.3 Å². The predicted molar refractivity (Wildman–Crippen MR) is 126 cm³/mol. The number of carbonyl (C=O) groups is 1. The maximum Gasteiger partial charge on any atom is 0.261 e. The summed E-state index contributed by atoms with van der Waals surface area (Å²) < 4.78 is 29.6. The molecule has 1 heterocycles. The Bertz CT molecular complexity index is 1380. The predicted octanol–water partition coefficient (Wildman–Crippen LogP) is 4.27. The van der Waals surface area contributed by atoms with E-state index in [1.807, 2.05) is 6.07 Å². The van der Waals surface area contributed by atoms with E-state index in [2.05, 4.69) is 15.1 Å². The number of phenolic OH excluding ortho intramolecular Hbond substituents is 1. The van der Waals surface area contributed by atoms with Gasteiger partial charge in [0.15, 0.2) is 6.04 Å². The molecule has 0 bridgehead atoms. The van der Waals surface area contributed by atoms with E-state index in [1.165, 1.54) is 28.9 Å². The zero-order chi connectivity index (χ0) is 23.4. The van der Waals surface area contributed by atoms with Gasteiger partial charge in [0, 0.05) is 17.4 Å². The lowest BCUT2D eigenvalue weighted by molar-refractivity contribution is -0.118. The second-order valence-electron chi connectivity index (χ2n) is 7.08. The molecule has 0 spiro atoms. The largest absolute Gasteiger partial charge is 0.506 e. The Morgan fingerprint density at radius 3 is 2.48 bits per heavy atom. The fourth-order valence-electron chi connectivity index (χ4n) is 3.24. The van der Waals surface area contributed by atoms with Crippen LogP contribution in [0.3, 0.4) is 0 Å². The Labute approximate surface area is 195 Å². The number of sulfonamides is 1. The molecule has 3 N–H and O–H groups in total. The molecule has 8 nitrogen and oxygen atoms in total. The van der Waals surface area contributed by atoms with Crippen LogP contribution < -0.4 is 10.0 Å². The molecule has 0 aliphatic carbocycles. The fourth-order valence-corrected chi connectivity index (χ4v) is 4.51. The van der Waals surface area contributed by atoms with Crippen molar-refractivity contribution in [1.29, 1.82) is 0 Å². The molecule has 4 rings (SSSR count). The van der Waals surface area contributed by atoms with E-state index in [4.69, 9.17) is 11.6 Å². The highest BCUT2D eigenvalue weighted by molar-refractivity contribution is 7.92. The first-order valence-corrected chi connectivity index (χ1v) is 11.7. The molecule has 4 aromatic rings. The molecule has 1 unspecified atom stereocenters. The van der Waals surface area contributed by atoms with Gasteiger partial charge in [-0.05, 0) is 48.0 Å². The summed E-state index contributed by atoms with van der Waals surface area (Å²) in [4.78, 5) is 13.0. The van der Waals surface area contributed by atoms with Crippen molar-refractivity contribution in [2.45, 2.75) is 10.9 Å². The zero-order valence-corrected chi connectivity index (χ0v) is 18.7. The SMILES string of the molecule is O=C(Nc1cc(S(=O)(=O)Nc2cccc(Cl)c2)ccc1O)C(c1ccccc1)n1cccn1. The van der Waals surface area contributed by atoms with Gasteiger partial charge in [-0.15, -0.1) is 0 Å². The van der Waals surface area contributed by atoms with Gasteiger partial charge in [0.2, 0.25) is 0 Å². The number of aromatic nitrogens is 2. The maximum absolute atomic E-state index is 13.2. The molecule has 168 valence electrons. The van der Waals surface area contributed by atoms with E-state index >= 15 is 0 Å². The number of nitrogens with one attached hydrogen (secondary N) is 2. The number of phenols is 1. The van der Waals surface area contributed by atoms with Crippen molar-refractivity contribution < 1.29 is 18.3 Å². The van der Waals surface area contributed by atoms with Gasteiger partial charge in [-0.25, -0.2) is 8.42 Å². The topological polar surface area (TPSA) is 113 Å². The third kappa shape index (κ3) is 5.16. The summed E-state index contributed by atoms with van der Waals surface area (Å²) in [5.41, 5.74) is 0.899. The number of hydrogen-bond acceptors (Lipinski definition) is 5. The van der Waals surface area contributed by atoms with Gasteiger partial charge in [-0.3, -0.25) is 14.2 Å². The second-order valence-corrected chi connectivity index (χ2v) is 9.20. The highest BCUT2D eigenvalue weighted by atomic mass is 35.5. The molecule has 10 heteroatoms. The summed E-state index contributed by atoms with van der Waals surface area (Å²) in [5, 5.41) is 17.4. The lowest BCUT2D eigenvalue weighted by Gasteiger charge is -2.19. The zero-order valence-electron chi connectivity index (χ0n) is 17.1. The Hall–Kier alpha value is -3.82. The fraction of sp³-hybridized carbons (Fsp3) is 0.0435. The lowest BCUT2D eigenvalue weighted by Crippen LogP contribution is -2.27. The average molecular weight is 483 g/mol. The molecule has 1 atom stereocenters. The average Bonchev–Trinajstić information content (AvgIpc) is 3.30. The van der Waals surface area contributed by atoms with Crippen LogP contribution in [0.2, 0.25) is 5.02 Å². The quantitative estimate of drug-likeness (QED) is 0.340. The molecule has 0 aliphatic rings. The number of hydrogen-bond donors (Lipinski definition) is 3. The smallest absolute Gasteiger partial charge is 0.261 e. The molecule has 3 aromatic carbocycles. The van der Waals surface area contributed by atoms with Gasteiger partial charge in [0.25, 0.3) is 15.9 Å². The van der Waals surface area contributed by atoms with Crippen molar-refractivity contribution in [3.05, 3.63) is 102 Å². The van der Waals surface area contributed by atoms with Crippen molar-refractivity contribution in [2.24, 2.45) is 0 Å². The lowest BCUT2D eigenvalue weighted by atomic mass is 10.1. The van der Waals surface area contributed by atoms with Gasteiger partial charge < -0.3 is 10.4 Å². The first-order valence-electron chi connectivity index (χ1n) is 9.80. The summed E-state index contributed by atoms with van der Waals surface area (Å²) in [5.74, 6) is -0.783. The first-order chi connectivity index (χ1) is 15.8. The van der Waals surface area contributed by atoms with Crippen LogP contribution in [-0.4, -0.2) is 29.2 Å². The highest BCUT2D eigenvalue weighted by Gasteiger charge is 2.25. The number of benzene rings is 3. The van der Waals surface area contributed by atoms with Crippen molar-refractivity contribution in [2.75, 3.05) is 10.0 Å². The Morgan fingerprint density at radius 2 is 1.79 bits per heavy atom. The van der Waals surface area contributed by atoms with Gasteiger partial charge in [-0.2, -0.15) is 5.10 Å². The first kappa shape index (κ1) is 22.4. The van der Waals surface area contributed by atoms with Crippen LogP contribution in [0.4, 0.5) is 11.4 Å². The van der Waals surface area contributed by atoms with E-state index in [9.17, 15) is 18.3 Å². The second kappa shape index (κ2) is 9.35. The van der Waals surface area contributed by atoms with Gasteiger partial charge >= 0.3 is 0 Å². The number of amides is 1. The molecular weight excluding hydrogens is 464 g/mol. The summed E-state index contributed by atoms with van der Waals surface area (Å²) in [6.07, 6.45) is 3.20. The number of anilines is 2. The van der Waals surface area contributed by atoms with E-state index in [0.29, 0.717) is 10.6 Å². The molecule has 1 aromatic heterocycles. The molecule has 0 radical (unpaired) electrons. The highest BCUT2D eigenvalue weighted by Crippen LogP contribution is 2.29. The minimum Gasteiger partial charge on any atom is -0.506 e. The third-order valence-electron chi connectivity index (χ3n) is 4.77. The Kier molecular flexibility index (Phi) is 6.34. The maximum atomic E-state index is 13.2. The van der Waals surface area contributed by atoms with E-state index < -0.39 is 22.0 Å². The standard InChI is InChI=1S/C23H19ClN4O4S/c24-17-8-4-9-18(14-17)27-33(31,32)19-10-11-21(29)20(15-19)26-23(30)22(28-13-5-12-25-28)16-6-2-1-3-7-16/h1-15,22,27,29H,(H,26,30). The van der Waals surface area contributed by atoms with Crippen molar-refractivity contribution in [1.82, 2.24) is 9.78 Å². The molecule has 0 saturated heterocycles. The van der Waals surface area contributed by atoms with Crippen LogP contribution in [0.5, 0.6) is 5.75 Å². The number of halogens is 1. The van der Waals surface area contributed by atoms with Gasteiger partial charge in [0.1, 0.15) is 5.75 Å². The van der Waals surface area contributed by atoms with Crippen LogP contribution in [0.15, 0.2) is 96.2 Å². The minimum absolute atomic E-state index is 0.0537. The summed E-state index contributed by atoms with van der Waals surface area (Å²) in [7, 11) is -4.01. The number of aromatic hydroxyl groups is 1. The van der Waals surface area contributed by atoms with Crippen LogP contribution in [0.1, 0.15) is 11.6 Å². The minimum atomic E-state index is -4.01. The number of nitrogens with zero attached hydrogens (tertiary/aromatic N) is 2. The van der Waals surface area contributed by atoms with Crippen LogP contribution in [0.25, 0.3) is 0 Å². The normalized spacial score (nSPS) is 12.2.